The summed E-state index contributed by atoms with van der Waals surface area (Å²) in [7, 11) is 1.73. The monoisotopic (exact) mass is 586 g/mol. The number of methoxy groups -OCH3 is 1. The van der Waals surface area contributed by atoms with Crippen molar-refractivity contribution in [3.8, 4) is 11.3 Å². The standard InChI is InChI=1S/C39H42N2OS/c1-6-17-31(4)38(34-23-25-35(42-5)26-24-34)39(43-27-16-10-11-18-30(3)28-40)41-29-37(33-21-14-9-15-22-33)36(7-2)32-19-12-8-13-20-32/h7-15,17-23,25,29,41H,6,16,24,26H2,1-5H3/b11-10-,30-18+,31-17-,36-7-,37-29-,39-38-. The Balaban J connectivity index is 2.19. The number of hydrogen-bond donors (Lipinski definition) is 1. The Hall–Kier alpha value is -4.55. The molecule has 2 aromatic rings. The summed E-state index contributed by atoms with van der Waals surface area (Å²) in [6.07, 6.45) is 20.0. The average molecular weight is 587 g/mol. The number of allylic oxidation sites excluding steroid dienone is 14. The second kappa shape index (κ2) is 18.1. The second-order valence-corrected chi connectivity index (χ2v) is 10.9. The lowest BCUT2D eigenvalue weighted by Crippen LogP contribution is -2.10. The Bertz CT molecular complexity index is 1600. The lowest BCUT2D eigenvalue weighted by atomic mass is 9.91. The summed E-state index contributed by atoms with van der Waals surface area (Å²) in [6.45, 7) is 8.26. The van der Waals surface area contributed by atoms with Gasteiger partial charge in [0.15, 0.2) is 0 Å². The van der Waals surface area contributed by atoms with Crippen LogP contribution < -0.4 is 5.32 Å². The molecule has 2 aromatic carbocycles. The highest BCUT2D eigenvalue weighted by Crippen LogP contribution is 2.34. The van der Waals surface area contributed by atoms with Crippen LogP contribution in [0.25, 0.3) is 11.1 Å². The van der Waals surface area contributed by atoms with Gasteiger partial charge in [0.25, 0.3) is 0 Å². The van der Waals surface area contributed by atoms with Crippen LogP contribution in [-0.4, -0.2) is 7.11 Å². The summed E-state index contributed by atoms with van der Waals surface area (Å²) in [6, 6.07) is 23.2. The van der Waals surface area contributed by atoms with Crippen molar-refractivity contribution < 1.29 is 4.74 Å². The molecular weight excluding hydrogens is 545 g/mol. The van der Waals surface area contributed by atoms with Crippen molar-refractivity contribution in [2.75, 3.05) is 7.11 Å². The third-order valence-corrected chi connectivity index (χ3v) is 7.79. The molecule has 0 atom stereocenters. The number of rotatable bonds is 11. The van der Waals surface area contributed by atoms with Crippen molar-refractivity contribution in [3.05, 3.63) is 154 Å². The highest BCUT2D eigenvalue weighted by Gasteiger charge is 2.17. The molecule has 0 unspecified atom stereocenters. The highest BCUT2D eigenvalue weighted by molar-refractivity contribution is 7.92. The average Bonchev–Trinajstić information content (AvgIpc) is 3.05. The Kier molecular flexibility index (Phi) is 13.9. The van der Waals surface area contributed by atoms with Crippen molar-refractivity contribution in [1.29, 1.82) is 5.26 Å². The molecule has 4 heteroatoms. The van der Waals surface area contributed by atoms with Gasteiger partial charge < -0.3 is 10.1 Å². The molecule has 1 N–H and O–H groups in total. The Labute approximate surface area is 262 Å². The zero-order valence-corrected chi connectivity index (χ0v) is 26.8. The first-order valence-corrected chi connectivity index (χ1v) is 15.6. The number of benzene rings is 2. The summed E-state index contributed by atoms with van der Waals surface area (Å²) < 4.78 is 5.53. The molecule has 0 aliphatic heterocycles. The van der Waals surface area contributed by atoms with E-state index < -0.39 is 0 Å². The van der Waals surface area contributed by atoms with E-state index in [0.717, 1.165) is 46.8 Å². The van der Waals surface area contributed by atoms with E-state index in [2.05, 4.69) is 116 Å². The summed E-state index contributed by atoms with van der Waals surface area (Å²) in [4.78, 5) is 0. The normalized spacial score (nSPS) is 15.2. The van der Waals surface area contributed by atoms with Gasteiger partial charge in [-0.3, -0.25) is 0 Å². The first kappa shape index (κ1) is 33.0. The van der Waals surface area contributed by atoms with Gasteiger partial charge in [0, 0.05) is 35.8 Å². The van der Waals surface area contributed by atoms with Gasteiger partial charge in [-0.15, -0.1) is 0 Å². The molecule has 0 saturated heterocycles. The van der Waals surface area contributed by atoms with Gasteiger partial charge >= 0.3 is 0 Å². The largest absolute Gasteiger partial charge is 0.501 e. The van der Waals surface area contributed by atoms with Gasteiger partial charge in [0.1, 0.15) is 5.03 Å². The predicted octanol–water partition coefficient (Wildman–Crippen LogP) is 10.6. The van der Waals surface area contributed by atoms with Crippen LogP contribution in [0.4, 0.5) is 0 Å². The molecule has 3 rings (SSSR count). The first-order valence-electron chi connectivity index (χ1n) is 14.7. The highest BCUT2D eigenvalue weighted by atomic mass is 32.1. The number of ether oxygens (including phenoxy) is 1. The molecule has 220 valence electrons. The molecule has 0 spiro atoms. The fourth-order valence-corrected chi connectivity index (χ4v) is 5.62. The van der Waals surface area contributed by atoms with Crippen LogP contribution in [-0.2, 0) is 4.74 Å². The van der Waals surface area contributed by atoms with Crippen LogP contribution in [0, 0.1) is 16.5 Å². The van der Waals surface area contributed by atoms with Crippen LogP contribution in [0.5, 0.6) is 0 Å². The van der Waals surface area contributed by atoms with Crippen molar-refractivity contribution in [1.82, 2.24) is 5.32 Å². The molecule has 3 nitrogen and oxygen atoms in total. The molecule has 0 bridgehead atoms. The van der Waals surface area contributed by atoms with E-state index in [-0.39, 0.29) is 0 Å². The fourth-order valence-electron chi connectivity index (χ4n) is 4.78. The summed E-state index contributed by atoms with van der Waals surface area (Å²) in [5.41, 5.74) is 8.95. The van der Waals surface area contributed by atoms with Gasteiger partial charge in [-0.25, -0.2) is 0 Å². The smallest absolute Gasteiger partial charge is 0.108 e. The number of nitrogens with one attached hydrogen (secondary N) is 1. The third-order valence-electron chi connectivity index (χ3n) is 6.96. The minimum Gasteiger partial charge on any atom is -0.501 e. The van der Waals surface area contributed by atoms with Crippen molar-refractivity contribution >= 4 is 22.3 Å². The van der Waals surface area contributed by atoms with Crippen molar-refractivity contribution in [2.45, 2.75) is 53.4 Å². The van der Waals surface area contributed by atoms with E-state index in [1.165, 1.54) is 22.3 Å². The third kappa shape index (κ3) is 10.0. The molecular formula is C39H42N2OS. The Morgan fingerprint density at radius 1 is 0.977 bits per heavy atom. The maximum Gasteiger partial charge on any atom is 0.108 e. The molecule has 0 fully saturated rings. The SMILES string of the molecule is C/C=C(\C(=C/N/C(S#CC/C=C\C=C(/C)C#N)=C(C1=CC=C(OC)CC1)\C(C)=C/CC)c1ccccc1)c1ccccc1. The topological polar surface area (TPSA) is 45.0 Å². The fraction of sp³-hybridized carbons (Fsp3) is 0.231. The van der Waals surface area contributed by atoms with Crippen LogP contribution in [0.1, 0.15) is 64.5 Å². The maximum absolute atomic E-state index is 9.02. The van der Waals surface area contributed by atoms with Crippen molar-refractivity contribution in [3.63, 3.8) is 0 Å². The molecule has 0 aromatic heterocycles. The number of hydrogen-bond acceptors (Lipinski definition) is 3. The summed E-state index contributed by atoms with van der Waals surface area (Å²) >= 11 is 1.58. The van der Waals surface area contributed by atoms with Gasteiger partial charge in [-0.2, -0.15) is 5.26 Å². The first-order chi connectivity index (χ1) is 21.0. The second-order valence-electron chi connectivity index (χ2n) is 10.0. The van der Waals surface area contributed by atoms with Crippen LogP contribution in [0.15, 0.2) is 142 Å². The zero-order chi connectivity index (χ0) is 30.9. The summed E-state index contributed by atoms with van der Waals surface area (Å²) in [5.74, 6) is 0.998. The molecule has 0 radical (unpaired) electrons. The van der Waals surface area contributed by atoms with Crippen molar-refractivity contribution in [2.24, 2.45) is 0 Å². The lowest BCUT2D eigenvalue weighted by molar-refractivity contribution is 0.276. The molecule has 1 aliphatic rings. The molecule has 0 amide bonds. The van der Waals surface area contributed by atoms with Gasteiger partial charge in [0.2, 0.25) is 0 Å². The van der Waals surface area contributed by atoms with E-state index in [1.54, 1.807) is 25.2 Å². The van der Waals surface area contributed by atoms with E-state index >= 15 is 0 Å². The van der Waals surface area contributed by atoms with Gasteiger partial charge in [0.05, 0.1) is 18.9 Å². The molecule has 43 heavy (non-hydrogen) atoms. The van der Waals surface area contributed by atoms with E-state index in [9.17, 15) is 0 Å². The number of nitriles is 1. The molecule has 1 aliphatic carbocycles. The Morgan fingerprint density at radius 2 is 1.65 bits per heavy atom. The van der Waals surface area contributed by atoms with Crippen LogP contribution in [0.2, 0.25) is 0 Å². The maximum atomic E-state index is 9.02. The summed E-state index contributed by atoms with van der Waals surface area (Å²) in [5, 5.41) is 17.3. The lowest BCUT2D eigenvalue weighted by Gasteiger charge is -2.20. The van der Waals surface area contributed by atoms with E-state index in [1.807, 2.05) is 30.4 Å². The molecule has 0 saturated carbocycles. The minimum absolute atomic E-state index is 0.640. The predicted molar refractivity (Wildman–Crippen MR) is 186 cm³/mol. The Morgan fingerprint density at radius 3 is 2.21 bits per heavy atom. The quantitative estimate of drug-likeness (QED) is 0.210. The zero-order valence-electron chi connectivity index (χ0n) is 26.0. The van der Waals surface area contributed by atoms with Gasteiger partial charge in [-0.1, -0.05) is 114 Å². The van der Waals surface area contributed by atoms with Crippen LogP contribution >= 0.6 is 11.2 Å². The van der Waals surface area contributed by atoms with E-state index in [0.29, 0.717) is 12.0 Å². The minimum atomic E-state index is 0.640. The van der Waals surface area contributed by atoms with Gasteiger partial charge in [-0.05, 0) is 73.6 Å². The molecule has 0 heterocycles. The number of nitrogens with zero attached hydrogens (tertiary/aromatic N) is 1. The van der Waals surface area contributed by atoms with E-state index in [4.69, 9.17) is 10.00 Å². The van der Waals surface area contributed by atoms with Crippen LogP contribution in [0.3, 0.4) is 0 Å².